The smallest absolute Gasteiger partial charge is 0.407 e. The van der Waals surface area contributed by atoms with Crippen LogP contribution in [-0.4, -0.2) is 51.6 Å². The van der Waals surface area contributed by atoms with Crippen LogP contribution in [-0.2, 0) is 0 Å². The molecule has 5 nitrogen and oxygen atoms in total. The van der Waals surface area contributed by atoms with Gasteiger partial charge in [-0.25, -0.2) is 4.79 Å². The van der Waals surface area contributed by atoms with Gasteiger partial charge in [-0.05, 0) is 31.1 Å². The van der Waals surface area contributed by atoms with Crippen LogP contribution in [0.4, 0.5) is 4.79 Å². The second kappa shape index (κ2) is 3.64. The van der Waals surface area contributed by atoms with Gasteiger partial charge in [0.2, 0.25) is 0 Å². The lowest BCUT2D eigenvalue weighted by molar-refractivity contribution is 0.0120. The normalized spacial score (nSPS) is 39.5. The van der Waals surface area contributed by atoms with Crippen LogP contribution in [0.3, 0.4) is 0 Å². The first-order valence-corrected chi connectivity index (χ1v) is 5.35. The van der Waals surface area contributed by atoms with Gasteiger partial charge < -0.3 is 20.2 Å². The molecule has 1 aliphatic carbocycles. The Kier molecular flexibility index (Phi) is 2.60. The summed E-state index contributed by atoms with van der Waals surface area (Å²) in [5.74, 6) is 0.551. The van der Waals surface area contributed by atoms with Crippen LogP contribution in [0.2, 0.25) is 0 Å². The summed E-state index contributed by atoms with van der Waals surface area (Å²) < 4.78 is 0. The maximum absolute atomic E-state index is 10.7. The Bertz CT molecular complexity index is 254. The molecule has 5 heteroatoms. The summed E-state index contributed by atoms with van der Waals surface area (Å²) in [5.41, 5.74) is -0.755. The average Bonchev–Trinajstić information content (AvgIpc) is 2.59. The molecule has 3 N–H and O–H groups in total. The number of hydrogen-bond acceptors (Lipinski definition) is 3. The number of aliphatic hydroxyl groups is 2. The molecule has 1 heterocycles. The number of carbonyl (C=O) groups is 1. The Hall–Kier alpha value is -0.810. The molecule has 2 atom stereocenters. The van der Waals surface area contributed by atoms with Gasteiger partial charge in [-0.2, -0.15) is 0 Å². The van der Waals surface area contributed by atoms with E-state index in [9.17, 15) is 9.90 Å². The monoisotopic (exact) mass is 215 g/mol. The SMILES string of the molecule is O=C(O)N1CC2CC(O)(CCO)CC2C1. The third-order valence-corrected chi connectivity index (χ3v) is 3.71. The minimum absolute atomic E-state index is 0.00140. The number of amides is 1. The van der Waals surface area contributed by atoms with Crippen molar-refractivity contribution in [3.63, 3.8) is 0 Å². The van der Waals surface area contributed by atoms with Crippen molar-refractivity contribution >= 4 is 6.09 Å². The number of aliphatic hydroxyl groups excluding tert-OH is 1. The van der Waals surface area contributed by atoms with Crippen LogP contribution in [0.25, 0.3) is 0 Å². The Morgan fingerprint density at radius 2 is 1.87 bits per heavy atom. The molecule has 2 aliphatic rings. The lowest BCUT2D eigenvalue weighted by Gasteiger charge is -2.24. The van der Waals surface area contributed by atoms with Crippen molar-refractivity contribution in [3.05, 3.63) is 0 Å². The van der Waals surface area contributed by atoms with Gasteiger partial charge in [0.15, 0.2) is 0 Å². The predicted molar refractivity (Wildman–Crippen MR) is 52.5 cm³/mol. The highest BCUT2D eigenvalue weighted by atomic mass is 16.4. The summed E-state index contributed by atoms with van der Waals surface area (Å²) in [7, 11) is 0. The van der Waals surface area contributed by atoms with Crippen molar-refractivity contribution in [1.29, 1.82) is 0 Å². The number of likely N-dealkylation sites (tertiary alicyclic amines) is 1. The van der Waals surface area contributed by atoms with E-state index in [0.29, 0.717) is 32.4 Å². The van der Waals surface area contributed by atoms with E-state index in [4.69, 9.17) is 10.2 Å². The molecule has 0 aromatic rings. The highest BCUT2D eigenvalue weighted by Gasteiger charge is 2.48. The zero-order chi connectivity index (χ0) is 11.1. The van der Waals surface area contributed by atoms with Gasteiger partial charge in [0.05, 0.1) is 5.60 Å². The number of carboxylic acid groups (broad SMARTS) is 1. The molecule has 0 spiro atoms. The highest BCUT2D eigenvalue weighted by Crippen LogP contribution is 2.45. The van der Waals surface area contributed by atoms with E-state index in [1.165, 1.54) is 4.90 Å². The van der Waals surface area contributed by atoms with Crippen molar-refractivity contribution in [3.8, 4) is 0 Å². The fourth-order valence-electron chi connectivity index (χ4n) is 3.03. The third kappa shape index (κ3) is 1.94. The molecule has 2 rings (SSSR count). The van der Waals surface area contributed by atoms with Crippen molar-refractivity contribution in [1.82, 2.24) is 4.90 Å². The fourth-order valence-corrected chi connectivity index (χ4v) is 3.03. The predicted octanol–water partition coefficient (Wildman–Crippen LogP) is 0.120. The number of fused-ring (bicyclic) bond motifs is 1. The molecule has 0 aromatic carbocycles. The van der Waals surface area contributed by atoms with Crippen molar-refractivity contribution in [2.75, 3.05) is 19.7 Å². The molecule has 1 saturated carbocycles. The summed E-state index contributed by atoms with van der Waals surface area (Å²) >= 11 is 0. The van der Waals surface area contributed by atoms with Crippen LogP contribution in [0, 0.1) is 11.8 Å². The van der Waals surface area contributed by atoms with Crippen LogP contribution in [0.1, 0.15) is 19.3 Å². The molecule has 2 unspecified atom stereocenters. The summed E-state index contributed by atoms with van der Waals surface area (Å²) in [6.45, 7) is 1.07. The van der Waals surface area contributed by atoms with Crippen LogP contribution in [0.5, 0.6) is 0 Å². The van der Waals surface area contributed by atoms with E-state index in [1.54, 1.807) is 0 Å². The van der Waals surface area contributed by atoms with Gasteiger partial charge in [0.1, 0.15) is 0 Å². The number of nitrogens with zero attached hydrogens (tertiary/aromatic N) is 1. The van der Waals surface area contributed by atoms with E-state index in [0.717, 1.165) is 0 Å². The number of hydrogen-bond donors (Lipinski definition) is 3. The molecule has 1 aliphatic heterocycles. The fraction of sp³-hybridized carbons (Fsp3) is 0.900. The molecule has 0 bridgehead atoms. The minimum atomic E-state index is -0.866. The van der Waals surface area contributed by atoms with Gasteiger partial charge >= 0.3 is 6.09 Å². The molecule has 2 fully saturated rings. The molecular formula is C10H17NO4. The summed E-state index contributed by atoms with van der Waals surface area (Å²) in [6.07, 6.45) is 0.798. The second-order valence-corrected chi connectivity index (χ2v) is 4.81. The first kappa shape index (κ1) is 10.7. The van der Waals surface area contributed by atoms with Gasteiger partial charge in [-0.1, -0.05) is 0 Å². The van der Waals surface area contributed by atoms with E-state index in [1.807, 2.05) is 0 Å². The van der Waals surface area contributed by atoms with Gasteiger partial charge in [-0.3, -0.25) is 0 Å². The minimum Gasteiger partial charge on any atom is -0.465 e. The average molecular weight is 215 g/mol. The molecule has 1 amide bonds. The first-order valence-electron chi connectivity index (χ1n) is 5.35. The van der Waals surface area contributed by atoms with Crippen molar-refractivity contribution < 1.29 is 20.1 Å². The number of rotatable bonds is 2. The second-order valence-electron chi connectivity index (χ2n) is 4.81. The quantitative estimate of drug-likeness (QED) is 0.611. The van der Waals surface area contributed by atoms with Crippen LogP contribution < -0.4 is 0 Å². The Morgan fingerprint density at radius 1 is 1.33 bits per heavy atom. The summed E-state index contributed by atoms with van der Waals surface area (Å²) in [4.78, 5) is 12.2. The van der Waals surface area contributed by atoms with Crippen molar-refractivity contribution in [2.24, 2.45) is 11.8 Å². The van der Waals surface area contributed by atoms with Gasteiger partial charge in [0.25, 0.3) is 0 Å². The Balaban J connectivity index is 1.95. The van der Waals surface area contributed by atoms with Gasteiger partial charge in [0, 0.05) is 19.7 Å². The highest BCUT2D eigenvalue weighted by molar-refractivity contribution is 5.65. The molecule has 0 radical (unpaired) electrons. The van der Waals surface area contributed by atoms with E-state index in [-0.39, 0.29) is 18.4 Å². The third-order valence-electron chi connectivity index (χ3n) is 3.71. The van der Waals surface area contributed by atoms with E-state index >= 15 is 0 Å². The Morgan fingerprint density at radius 3 is 2.27 bits per heavy atom. The molecule has 1 saturated heterocycles. The topological polar surface area (TPSA) is 81.0 Å². The zero-order valence-corrected chi connectivity index (χ0v) is 8.59. The van der Waals surface area contributed by atoms with Gasteiger partial charge in [-0.15, -0.1) is 0 Å². The molecule has 15 heavy (non-hydrogen) atoms. The van der Waals surface area contributed by atoms with Crippen LogP contribution in [0.15, 0.2) is 0 Å². The van der Waals surface area contributed by atoms with Crippen LogP contribution >= 0.6 is 0 Å². The lowest BCUT2D eigenvalue weighted by atomic mass is 9.96. The van der Waals surface area contributed by atoms with Crippen molar-refractivity contribution in [2.45, 2.75) is 24.9 Å². The standard InChI is InChI=1S/C10H17NO4/c12-2-1-10(15)3-7-5-11(9(13)14)6-8(7)4-10/h7-8,12,15H,1-6H2,(H,13,14). The molecule has 0 aromatic heterocycles. The summed E-state index contributed by atoms with van der Waals surface area (Å²) in [5, 5.41) is 27.8. The summed E-state index contributed by atoms with van der Waals surface area (Å²) in [6, 6.07) is 0. The molecule has 86 valence electrons. The maximum atomic E-state index is 10.7. The van der Waals surface area contributed by atoms with E-state index < -0.39 is 11.7 Å². The largest absolute Gasteiger partial charge is 0.465 e. The van der Waals surface area contributed by atoms with E-state index in [2.05, 4.69) is 0 Å². The lowest BCUT2D eigenvalue weighted by Crippen LogP contribution is -2.33. The maximum Gasteiger partial charge on any atom is 0.407 e. The molecular weight excluding hydrogens is 198 g/mol. The Labute approximate surface area is 88.3 Å². The first-order chi connectivity index (χ1) is 7.04. The zero-order valence-electron chi connectivity index (χ0n) is 8.59.